The molecule has 0 aliphatic carbocycles. The normalized spacial score (nSPS) is 11.3. The van der Waals surface area contributed by atoms with Gasteiger partial charge in [0.2, 0.25) is 0 Å². The van der Waals surface area contributed by atoms with Gasteiger partial charge >= 0.3 is 0 Å². The summed E-state index contributed by atoms with van der Waals surface area (Å²) in [5.41, 5.74) is 4.25. The molecule has 0 fully saturated rings. The Morgan fingerprint density at radius 2 is 1.69 bits per heavy atom. The lowest BCUT2D eigenvalue weighted by atomic mass is 10.1. The van der Waals surface area contributed by atoms with Crippen LogP contribution in [0.4, 0.5) is 0 Å². The molecule has 0 unspecified atom stereocenters. The van der Waals surface area contributed by atoms with Gasteiger partial charge in [0.05, 0.1) is 13.2 Å². The van der Waals surface area contributed by atoms with E-state index in [0.29, 0.717) is 13.2 Å². The molecule has 1 N–H and O–H groups in total. The number of aromatic amines is 1. The van der Waals surface area contributed by atoms with Gasteiger partial charge in [0.1, 0.15) is 22.8 Å². The zero-order valence-corrected chi connectivity index (χ0v) is 18.3. The van der Waals surface area contributed by atoms with Gasteiger partial charge in [0, 0.05) is 40.5 Å². The lowest BCUT2D eigenvalue weighted by Gasteiger charge is -2.12. The fraction of sp³-hybridized carbons (Fsp3) is 0.214. The van der Waals surface area contributed by atoms with E-state index in [9.17, 15) is 0 Å². The molecule has 0 saturated carbocycles. The van der Waals surface area contributed by atoms with E-state index < -0.39 is 0 Å². The van der Waals surface area contributed by atoms with Crippen LogP contribution in [0.15, 0.2) is 83.4 Å². The maximum Gasteiger partial charge on any atom is 0.138 e. The third kappa shape index (κ3) is 4.22. The Kier molecular flexibility index (Phi) is 5.84. The summed E-state index contributed by atoms with van der Waals surface area (Å²) in [5.74, 6) is 2.69. The van der Waals surface area contributed by atoms with E-state index in [4.69, 9.17) is 13.9 Å². The number of hydrogen-bond acceptors (Lipinski definition) is 3. The second kappa shape index (κ2) is 9.23. The second-order valence-corrected chi connectivity index (χ2v) is 7.97. The van der Waals surface area contributed by atoms with Crippen LogP contribution in [0.2, 0.25) is 0 Å². The zero-order valence-electron chi connectivity index (χ0n) is 18.3. The number of aryl methyl sites for hydroxylation is 1. The van der Waals surface area contributed by atoms with Crippen LogP contribution in [0.5, 0.6) is 11.5 Å². The van der Waals surface area contributed by atoms with Gasteiger partial charge in [-0.3, -0.25) is 0 Å². The number of H-pyrrole nitrogens is 1. The standard InChI is InChI=1S/C28H27NO3/c1-2-8-21-17-22-18-27(20-9-4-3-5-10-20)32-28(22)19-26(21)31-16-7-15-30-25-12-6-11-24-23(25)13-14-29-24/h3-6,9-14,17-19,29H,2,7-8,15-16H2,1H3. The maximum absolute atomic E-state index is 6.18. The Balaban J connectivity index is 1.26. The van der Waals surface area contributed by atoms with Gasteiger partial charge in [0.25, 0.3) is 0 Å². The minimum Gasteiger partial charge on any atom is -0.493 e. The molecular weight excluding hydrogens is 398 g/mol. The van der Waals surface area contributed by atoms with E-state index in [2.05, 4.69) is 42.2 Å². The molecular formula is C28H27NO3. The number of rotatable bonds is 9. The van der Waals surface area contributed by atoms with Crippen molar-refractivity contribution in [2.24, 2.45) is 0 Å². The Morgan fingerprint density at radius 1 is 0.844 bits per heavy atom. The van der Waals surface area contributed by atoms with Crippen LogP contribution >= 0.6 is 0 Å². The van der Waals surface area contributed by atoms with E-state index >= 15 is 0 Å². The van der Waals surface area contributed by atoms with E-state index in [-0.39, 0.29) is 0 Å². The highest BCUT2D eigenvalue weighted by molar-refractivity contribution is 5.86. The first kappa shape index (κ1) is 20.3. The molecule has 4 heteroatoms. The van der Waals surface area contributed by atoms with E-state index in [1.165, 1.54) is 5.56 Å². The first-order valence-corrected chi connectivity index (χ1v) is 11.3. The maximum atomic E-state index is 6.18. The number of furan rings is 1. The molecule has 4 nitrogen and oxygen atoms in total. The summed E-state index contributed by atoms with van der Waals surface area (Å²) in [4.78, 5) is 3.21. The fourth-order valence-corrected chi connectivity index (χ4v) is 4.06. The number of ether oxygens (including phenoxy) is 2. The zero-order chi connectivity index (χ0) is 21.8. The van der Waals surface area contributed by atoms with Crippen molar-refractivity contribution in [1.82, 2.24) is 4.98 Å². The topological polar surface area (TPSA) is 47.4 Å². The van der Waals surface area contributed by atoms with Crippen molar-refractivity contribution < 1.29 is 13.9 Å². The van der Waals surface area contributed by atoms with Crippen LogP contribution in [-0.4, -0.2) is 18.2 Å². The monoisotopic (exact) mass is 425 g/mol. The van der Waals surface area contributed by atoms with Crippen LogP contribution < -0.4 is 9.47 Å². The highest BCUT2D eigenvalue weighted by Gasteiger charge is 2.12. The summed E-state index contributed by atoms with van der Waals surface area (Å²) in [5, 5.41) is 2.22. The molecule has 0 atom stereocenters. The molecule has 0 bridgehead atoms. The van der Waals surface area contributed by atoms with Crippen molar-refractivity contribution in [3.05, 3.63) is 84.6 Å². The molecule has 0 aliphatic heterocycles. The second-order valence-electron chi connectivity index (χ2n) is 7.97. The summed E-state index contributed by atoms with van der Waals surface area (Å²) in [6, 6.07) is 24.7. The molecule has 32 heavy (non-hydrogen) atoms. The van der Waals surface area contributed by atoms with Gasteiger partial charge in [-0.05, 0) is 42.3 Å². The van der Waals surface area contributed by atoms with Gasteiger partial charge in [0.15, 0.2) is 0 Å². The van der Waals surface area contributed by atoms with Gasteiger partial charge in [-0.2, -0.15) is 0 Å². The van der Waals surface area contributed by atoms with Crippen LogP contribution in [0, 0.1) is 0 Å². The Bertz CT molecular complexity index is 1320. The highest BCUT2D eigenvalue weighted by atomic mass is 16.5. The molecule has 3 aromatic carbocycles. The third-order valence-electron chi connectivity index (χ3n) is 5.64. The van der Waals surface area contributed by atoms with E-state index in [1.807, 2.05) is 48.7 Å². The number of hydrogen-bond donors (Lipinski definition) is 1. The molecule has 0 aliphatic rings. The van der Waals surface area contributed by atoms with Crippen LogP contribution in [0.25, 0.3) is 33.2 Å². The van der Waals surface area contributed by atoms with Gasteiger partial charge in [-0.25, -0.2) is 0 Å². The number of aromatic nitrogens is 1. The Hall–Kier alpha value is -3.66. The number of benzene rings is 3. The average molecular weight is 426 g/mol. The molecule has 0 amide bonds. The van der Waals surface area contributed by atoms with Crippen molar-refractivity contribution in [3.63, 3.8) is 0 Å². The molecule has 0 spiro atoms. The lowest BCUT2D eigenvalue weighted by molar-refractivity contribution is 0.247. The number of fused-ring (bicyclic) bond motifs is 2. The molecule has 5 aromatic rings. The van der Waals surface area contributed by atoms with Gasteiger partial charge < -0.3 is 18.9 Å². The predicted octanol–water partition coefficient (Wildman–Crippen LogP) is 7.38. The van der Waals surface area contributed by atoms with Crippen molar-refractivity contribution in [3.8, 4) is 22.8 Å². The summed E-state index contributed by atoms with van der Waals surface area (Å²) >= 11 is 0. The minimum absolute atomic E-state index is 0.595. The fourth-order valence-electron chi connectivity index (χ4n) is 4.06. The summed E-state index contributed by atoms with van der Waals surface area (Å²) in [6.07, 6.45) is 4.78. The Labute approximate surface area is 187 Å². The van der Waals surface area contributed by atoms with Crippen molar-refractivity contribution >= 4 is 21.9 Å². The van der Waals surface area contributed by atoms with E-state index in [0.717, 1.165) is 64.0 Å². The minimum atomic E-state index is 0.595. The predicted molar refractivity (Wildman–Crippen MR) is 130 cm³/mol. The van der Waals surface area contributed by atoms with Gasteiger partial charge in [-0.1, -0.05) is 49.7 Å². The van der Waals surface area contributed by atoms with Crippen molar-refractivity contribution in [2.45, 2.75) is 26.2 Å². The quantitative estimate of drug-likeness (QED) is 0.251. The highest BCUT2D eigenvalue weighted by Crippen LogP contribution is 2.33. The summed E-state index contributed by atoms with van der Waals surface area (Å²) in [6.45, 7) is 3.39. The smallest absolute Gasteiger partial charge is 0.138 e. The largest absolute Gasteiger partial charge is 0.493 e. The molecule has 0 saturated heterocycles. The first-order valence-electron chi connectivity index (χ1n) is 11.3. The van der Waals surface area contributed by atoms with Crippen LogP contribution in [-0.2, 0) is 6.42 Å². The SMILES string of the molecule is CCCc1cc2cc(-c3ccccc3)oc2cc1OCCCOc1cccc2[nH]ccc12. The Morgan fingerprint density at radius 3 is 2.53 bits per heavy atom. The average Bonchev–Trinajstić information content (AvgIpc) is 3.47. The molecule has 0 radical (unpaired) electrons. The van der Waals surface area contributed by atoms with Gasteiger partial charge in [-0.15, -0.1) is 0 Å². The van der Waals surface area contributed by atoms with Crippen LogP contribution in [0.3, 0.4) is 0 Å². The van der Waals surface area contributed by atoms with E-state index in [1.54, 1.807) is 0 Å². The van der Waals surface area contributed by atoms with Crippen molar-refractivity contribution in [2.75, 3.05) is 13.2 Å². The summed E-state index contributed by atoms with van der Waals surface area (Å²) in [7, 11) is 0. The van der Waals surface area contributed by atoms with Crippen LogP contribution in [0.1, 0.15) is 25.3 Å². The first-order chi connectivity index (χ1) is 15.8. The molecule has 2 heterocycles. The lowest BCUT2D eigenvalue weighted by Crippen LogP contribution is -2.06. The summed E-state index contributed by atoms with van der Waals surface area (Å²) < 4.78 is 18.3. The molecule has 2 aromatic heterocycles. The van der Waals surface area contributed by atoms with Crippen molar-refractivity contribution in [1.29, 1.82) is 0 Å². The molecule has 5 rings (SSSR count). The third-order valence-corrected chi connectivity index (χ3v) is 5.64. The number of nitrogens with one attached hydrogen (secondary N) is 1. The molecule has 162 valence electrons.